The Balaban J connectivity index is 1.74. The van der Waals surface area contributed by atoms with Gasteiger partial charge in [0.2, 0.25) is 11.8 Å². The molecule has 1 atom stereocenters. The number of hydrogen-bond donors (Lipinski definition) is 3. The molecule has 1 aliphatic carbocycles. The van der Waals surface area contributed by atoms with Gasteiger partial charge in [-0.1, -0.05) is 30.3 Å². The van der Waals surface area contributed by atoms with Crippen LogP contribution in [0.25, 0.3) is 0 Å². The minimum atomic E-state index is -1.10. The van der Waals surface area contributed by atoms with E-state index < -0.39 is 12.0 Å². The molecule has 0 heterocycles. The fourth-order valence-corrected chi connectivity index (χ4v) is 2.12. The van der Waals surface area contributed by atoms with Gasteiger partial charge in [0.25, 0.3) is 0 Å². The molecule has 0 saturated heterocycles. The molecule has 0 aliphatic heterocycles. The van der Waals surface area contributed by atoms with Crippen LogP contribution < -0.4 is 10.6 Å². The summed E-state index contributed by atoms with van der Waals surface area (Å²) in [5.41, 5.74) is 0.533. The Bertz CT molecular complexity index is 540. The summed E-state index contributed by atoms with van der Waals surface area (Å²) in [4.78, 5) is 34.5. The summed E-state index contributed by atoms with van der Waals surface area (Å²) in [5.74, 6) is -1.23. The topological polar surface area (TPSA) is 95.5 Å². The molecule has 0 unspecified atom stereocenters. The second kappa shape index (κ2) is 7.59. The zero-order valence-electron chi connectivity index (χ0n) is 12.2. The van der Waals surface area contributed by atoms with Crippen LogP contribution in [0.15, 0.2) is 30.3 Å². The Kier molecular flexibility index (Phi) is 5.52. The normalized spacial score (nSPS) is 14.9. The zero-order valence-corrected chi connectivity index (χ0v) is 12.2. The van der Waals surface area contributed by atoms with Gasteiger partial charge in [-0.05, 0) is 24.8 Å². The van der Waals surface area contributed by atoms with Crippen molar-refractivity contribution in [2.75, 3.05) is 6.54 Å². The predicted molar refractivity (Wildman–Crippen MR) is 79.9 cm³/mol. The van der Waals surface area contributed by atoms with Crippen LogP contribution in [0.1, 0.15) is 37.3 Å². The molecular weight excluding hydrogens is 284 g/mol. The lowest BCUT2D eigenvalue weighted by atomic mass is 10.1. The average molecular weight is 304 g/mol. The maximum atomic E-state index is 11.8. The van der Waals surface area contributed by atoms with Crippen LogP contribution in [-0.4, -0.2) is 29.4 Å². The standard InChI is InChI=1S/C16H20N2O4/c19-13(7-4-10-17-15(20)12-8-9-12)18-14(16(21)22)11-5-2-1-3-6-11/h1-3,5-6,12,14H,4,7-10H2,(H,17,20)(H,18,19)(H,21,22)/t14-/m1/s1. The van der Waals surface area contributed by atoms with Gasteiger partial charge < -0.3 is 15.7 Å². The van der Waals surface area contributed by atoms with Gasteiger partial charge in [-0.25, -0.2) is 4.79 Å². The third-order valence-corrected chi connectivity index (χ3v) is 3.51. The fourth-order valence-electron chi connectivity index (χ4n) is 2.12. The summed E-state index contributed by atoms with van der Waals surface area (Å²) < 4.78 is 0. The summed E-state index contributed by atoms with van der Waals surface area (Å²) in [6.07, 6.45) is 2.57. The van der Waals surface area contributed by atoms with Crippen LogP contribution in [0.4, 0.5) is 0 Å². The third-order valence-electron chi connectivity index (χ3n) is 3.51. The number of amides is 2. The average Bonchev–Trinajstić information content (AvgIpc) is 3.34. The molecule has 2 amide bonds. The Labute approximate surface area is 128 Å². The first-order valence-corrected chi connectivity index (χ1v) is 7.42. The summed E-state index contributed by atoms with van der Waals surface area (Å²) in [7, 11) is 0. The number of carbonyl (C=O) groups is 3. The van der Waals surface area contributed by atoms with E-state index in [2.05, 4.69) is 10.6 Å². The summed E-state index contributed by atoms with van der Waals surface area (Å²) in [6.45, 7) is 0.436. The van der Waals surface area contributed by atoms with Crippen molar-refractivity contribution in [1.82, 2.24) is 10.6 Å². The Morgan fingerprint density at radius 1 is 1.18 bits per heavy atom. The van der Waals surface area contributed by atoms with Gasteiger partial charge in [0, 0.05) is 18.9 Å². The maximum absolute atomic E-state index is 11.8. The fraction of sp³-hybridized carbons (Fsp3) is 0.438. The molecule has 1 aromatic carbocycles. The lowest BCUT2D eigenvalue weighted by molar-refractivity contribution is -0.142. The smallest absolute Gasteiger partial charge is 0.330 e. The van der Waals surface area contributed by atoms with E-state index in [1.165, 1.54) is 0 Å². The van der Waals surface area contributed by atoms with Crippen molar-refractivity contribution in [3.8, 4) is 0 Å². The highest BCUT2D eigenvalue weighted by Crippen LogP contribution is 2.28. The van der Waals surface area contributed by atoms with E-state index in [4.69, 9.17) is 0 Å². The minimum Gasteiger partial charge on any atom is -0.479 e. The van der Waals surface area contributed by atoms with Crippen LogP contribution in [0, 0.1) is 5.92 Å². The van der Waals surface area contributed by atoms with Crippen molar-refractivity contribution in [3.05, 3.63) is 35.9 Å². The molecule has 2 rings (SSSR count). The van der Waals surface area contributed by atoms with E-state index in [0.717, 1.165) is 12.8 Å². The van der Waals surface area contributed by atoms with E-state index in [1.54, 1.807) is 30.3 Å². The largest absolute Gasteiger partial charge is 0.479 e. The molecule has 0 spiro atoms. The van der Waals surface area contributed by atoms with Crippen molar-refractivity contribution < 1.29 is 19.5 Å². The van der Waals surface area contributed by atoms with Gasteiger partial charge in [0.15, 0.2) is 6.04 Å². The number of aliphatic carboxylic acids is 1. The molecule has 0 aromatic heterocycles. The van der Waals surface area contributed by atoms with E-state index >= 15 is 0 Å². The molecule has 3 N–H and O–H groups in total. The summed E-state index contributed by atoms with van der Waals surface area (Å²) in [5, 5.41) is 14.5. The van der Waals surface area contributed by atoms with E-state index in [9.17, 15) is 19.5 Å². The van der Waals surface area contributed by atoms with Gasteiger partial charge in [-0.15, -0.1) is 0 Å². The molecule has 1 aromatic rings. The lowest BCUT2D eigenvalue weighted by Gasteiger charge is -2.15. The molecule has 22 heavy (non-hydrogen) atoms. The van der Waals surface area contributed by atoms with Gasteiger partial charge >= 0.3 is 5.97 Å². The SMILES string of the molecule is O=C(CCCNC(=O)C1CC1)N[C@@H](C(=O)O)c1ccccc1. The number of carboxylic acid groups (broad SMARTS) is 1. The predicted octanol–water partition coefficient (Wildman–Crippen LogP) is 1.23. The van der Waals surface area contributed by atoms with Crippen molar-refractivity contribution in [3.63, 3.8) is 0 Å². The molecule has 1 fully saturated rings. The van der Waals surface area contributed by atoms with Crippen molar-refractivity contribution in [2.45, 2.75) is 31.7 Å². The van der Waals surface area contributed by atoms with Crippen LogP contribution in [0.2, 0.25) is 0 Å². The third kappa shape index (κ3) is 4.87. The monoisotopic (exact) mass is 304 g/mol. The second-order valence-corrected chi connectivity index (χ2v) is 5.42. The number of hydrogen-bond acceptors (Lipinski definition) is 3. The number of benzene rings is 1. The Morgan fingerprint density at radius 2 is 1.86 bits per heavy atom. The van der Waals surface area contributed by atoms with Crippen LogP contribution >= 0.6 is 0 Å². The molecule has 1 aliphatic rings. The Hall–Kier alpha value is -2.37. The summed E-state index contributed by atoms with van der Waals surface area (Å²) >= 11 is 0. The van der Waals surface area contributed by atoms with Crippen LogP contribution in [-0.2, 0) is 14.4 Å². The zero-order chi connectivity index (χ0) is 15.9. The van der Waals surface area contributed by atoms with Gasteiger partial charge in [0.1, 0.15) is 0 Å². The quantitative estimate of drug-likeness (QED) is 0.630. The van der Waals surface area contributed by atoms with Gasteiger partial charge in [-0.2, -0.15) is 0 Å². The van der Waals surface area contributed by atoms with E-state index in [1.807, 2.05) is 0 Å². The van der Waals surface area contributed by atoms with Crippen molar-refractivity contribution >= 4 is 17.8 Å². The first kappa shape index (κ1) is 16.0. The molecule has 6 nitrogen and oxygen atoms in total. The first-order valence-electron chi connectivity index (χ1n) is 7.42. The van der Waals surface area contributed by atoms with E-state index in [0.29, 0.717) is 18.5 Å². The van der Waals surface area contributed by atoms with Gasteiger partial charge in [-0.3, -0.25) is 9.59 Å². The number of carboxylic acids is 1. The second-order valence-electron chi connectivity index (χ2n) is 5.42. The number of rotatable bonds is 8. The molecule has 6 heteroatoms. The molecule has 118 valence electrons. The highest BCUT2D eigenvalue weighted by molar-refractivity contribution is 5.84. The van der Waals surface area contributed by atoms with Gasteiger partial charge in [0.05, 0.1) is 0 Å². The lowest BCUT2D eigenvalue weighted by Crippen LogP contribution is -2.34. The highest BCUT2D eigenvalue weighted by atomic mass is 16.4. The first-order chi connectivity index (χ1) is 10.6. The molecule has 1 saturated carbocycles. The van der Waals surface area contributed by atoms with Crippen LogP contribution in [0.5, 0.6) is 0 Å². The van der Waals surface area contributed by atoms with Crippen molar-refractivity contribution in [2.24, 2.45) is 5.92 Å². The van der Waals surface area contributed by atoms with Crippen LogP contribution in [0.3, 0.4) is 0 Å². The highest BCUT2D eigenvalue weighted by Gasteiger charge is 2.29. The number of nitrogens with one attached hydrogen (secondary N) is 2. The number of carbonyl (C=O) groups excluding carboxylic acids is 2. The molecule has 0 radical (unpaired) electrons. The maximum Gasteiger partial charge on any atom is 0.330 e. The molecule has 0 bridgehead atoms. The molecular formula is C16H20N2O4. The summed E-state index contributed by atoms with van der Waals surface area (Å²) in [6, 6.07) is 7.52. The minimum absolute atomic E-state index is 0.0492. The van der Waals surface area contributed by atoms with E-state index in [-0.39, 0.29) is 24.2 Å². The Morgan fingerprint density at radius 3 is 2.45 bits per heavy atom. The van der Waals surface area contributed by atoms with Crippen molar-refractivity contribution in [1.29, 1.82) is 0 Å².